The van der Waals surface area contributed by atoms with Gasteiger partial charge in [0.2, 0.25) is 0 Å². The van der Waals surface area contributed by atoms with Crippen molar-refractivity contribution < 1.29 is 9.84 Å². The lowest BCUT2D eigenvalue weighted by molar-refractivity contribution is 0.162. The highest BCUT2D eigenvalue weighted by Gasteiger charge is 1.86. The maximum atomic E-state index is 8.92. The van der Waals surface area contributed by atoms with Crippen LogP contribution in [0.15, 0.2) is 24.3 Å². The highest BCUT2D eigenvalue weighted by Crippen LogP contribution is 2.12. The van der Waals surface area contributed by atoms with E-state index in [0.29, 0.717) is 5.75 Å². The Hall–Kier alpha value is -1.02. The summed E-state index contributed by atoms with van der Waals surface area (Å²) in [5.41, 5.74) is 0.924. The Labute approximate surface area is 80.2 Å². The zero-order chi connectivity index (χ0) is 10.1. The number of ether oxygens (including phenoxy) is 1. The molecule has 2 nitrogen and oxygen atoms in total. The van der Waals surface area contributed by atoms with Crippen molar-refractivity contribution in [3.63, 3.8) is 0 Å². The molecule has 0 saturated heterocycles. The Kier molecular flexibility index (Phi) is 7.02. The lowest BCUT2D eigenvalue weighted by atomic mass is 10.2. The van der Waals surface area contributed by atoms with E-state index in [1.165, 1.54) is 0 Å². The number of rotatable bonds is 2. The van der Waals surface area contributed by atoms with Crippen LogP contribution in [-0.4, -0.2) is 18.3 Å². The van der Waals surface area contributed by atoms with Crippen molar-refractivity contribution in [3.05, 3.63) is 29.8 Å². The zero-order valence-electron chi connectivity index (χ0n) is 8.58. The monoisotopic (exact) mass is 182 g/mol. The number of benzene rings is 1. The van der Waals surface area contributed by atoms with Gasteiger partial charge in [-0.3, -0.25) is 0 Å². The van der Waals surface area contributed by atoms with Crippen molar-refractivity contribution in [2.75, 3.05) is 13.2 Å². The summed E-state index contributed by atoms with van der Waals surface area (Å²) in [5.74, 6) is 0.368. The van der Waals surface area contributed by atoms with Crippen LogP contribution >= 0.6 is 0 Å². The van der Waals surface area contributed by atoms with Gasteiger partial charge in [0.1, 0.15) is 5.75 Å². The highest BCUT2D eigenvalue weighted by molar-refractivity contribution is 5.29. The lowest BCUT2D eigenvalue weighted by Gasteiger charge is -1.92. The first-order valence-corrected chi connectivity index (χ1v) is 4.54. The molecule has 13 heavy (non-hydrogen) atoms. The van der Waals surface area contributed by atoms with Crippen LogP contribution in [0.1, 0.15) is 19.4 Å². The van der Waals surface area contributed by atoms with Crippen molar-refractivity contribution in [3.8, 4) is 5.75 Å². The van der Waals surface area contributed by atoms with Gasteiger partial charge >= 0.3 is 0 Å². The molecule has 1 aromatic rings. The van der Waals surface area contributed by atoms with E-state index in [4.69, 9.17) is 9.84 Å². The molecule has 0 radical (unpaired) electrons. The minimum atomic E-state index is 0.368. The number of phenolic OH excluding ortho intramolecular Hbond substituents is 1. The molecule has 74 valence electrons. The molecule has 0 saturated carbocycles. The summed E-state index contributed by atoms with van der Waals surface area (Å²) in [6.45, 7) is 7.54. The average molecular weight is 182 g/mol. The summed E-state index contributed by atoms with van der Waals surface area (Å²) >= 11 is 0. The summed E-state index contributed by atoms with van der Waals surface area (Å²) in [6, 6.07) is 7.25. The minimum absolute atomic E-state index is 0.368. The fourth-order valence-electron chi connectivity index (χ4n) is 0.768. The number of aromatic hydroxyl groups is 1. The maximum Gasteiger partial charge on any atom is 0.118 e. The Morgan fingerprint density at radius 3 is 1.92 bits per heavy atom. The van der Waals surface area contributed by atoms with Gasteiger partial charge in [0.25, 0.3) is 0 Å². The molecule has 0 spiro atoms. The topological polar surface area (TPSA) is 29.5 Å². The van der Waals surface area contributed by atoms with Crippen molar-refractivity contribution in [2.45, 2.75) is 20.8 Å². The van der Waals surface area contributed by atoms with E-state index in [2.05, 4.69) is 0 Å². The van der Waals surface area contributed by atoms with E-state index in [0.717, 1.165) is 18.8 Å². The predicted molar refractivity (Wildman–Crippen MR) is 55.0 cm³/mol. The molecule has 1 aromatic carbocycles. The van der Waals surface area contributed by atoms with E-state index in [1.54, 1.807) is 6.07 Å². The summed E-state index contributed by atoms with van der Waals surface area (Å²) in [6.07, 6.45) is 0. The van der Waals surface area contributed by atoms with Crippen LogP contribution < -0.4 is 0 Å². The Morgan fingerprint density at radius 1 is 1.15 bits per heavy atom. The molecule has 0 unspecified atom stereocenters. The first kappa shape index (κ1) is 12.0. The van der Waals surface area contributed by atoms with Crippen LogP contribution in [0.25, 0.3) is 0 Å². The first-order chi connectivity index (χ1) is 6.22. The molecule has 1 rings (SSSR count). The highest BCUT2D eigenvalue weighted by atomic mass is 16.5. The molecule has 1 N–H and O–H groups in total. The average Bonchev–Trinajstić information content (AvgIpc) is 2.13. The summed E-state index contributed by atoms with van der Waals surface area (Å²) in [4.78, 5) is 0. The smallest absolute Gasteiger partial charge is 0.118 e. The van der Waals surface area contributed by atoms with Crippen molar-refractivity contribution >= 4 is 0 Å². The second-order valence-corrected chi connectivity index (χ2v) is 2.57. The molecule has 0 atom stereocenters. The standard InChI is InChI=1S/C7H8O.C4H10O/c1-6-4-2-3-5-7(6)8;1-3-5-4-2/h2-5,8H,1H3;3-4H2,1-2H3. The quantitative estimate of drug-likeness (QED) is 0.762. The van der Waals surface area contributed by atoms with E-state index < -0.39 is 0 Å². The molecule has 0 amide bonds. The van der Waals surface area contributed by atoms with Crippen molar-refractivity contribution in [1.29, 1.82) is 0 Å². The number of phenols is 1. The third-order valence-electron chi connectivity index (χ3n) is 1.52. The molecule has 0 aliphatic heterocycles. The summed E-state index contributed by atoms with van der Waals surface area (Å²) < 4.78 is 4.83. The second-order valence-electron chi connectivity index (χ2n) is 2.57. The van der Waals surface area contributed by atoms with Gasteiger partial charge in [-0.15, -0.1) is 0 Å². The SMILES string of the molecule is CCOCC.Cc1ccccc1O. The Morgan fingerprint density at radius 2 is 1.69 bits per heavy atom. The van der Waals surface area contributed by atoms with Gasteiger partial charge in [0.05, 0.1) is 0 Å². The van der Waals surface area contributed by atoms with E-state index >= 15 is 0 Å². The largest absolute Gasteiger partial charge is 0.508 e. The predicted octanol–water partition coefficient (Wildman–Crippen LogP) is 2.74. The molecule has 0 fully saturated rings. The Bertz CT molecular complexity index is 198. The van der Waals surface area contributed by atoms with Gasteiger partial charge in [-0.05, 0) is 32.4 Å². The van der Waals surface area contributed by atoms with E-state index in [9.17, 15) is 0 Å². The summed E-state index contributed by atoms with van der Waals surface area (Å²) in [7, 11) is 0. The van der Waals surface area contributed by atoms with Crippen LogP contribution in [0.4, 0.5) is 0 Å². The number of aryl methyl sites for hydroxylation is 1. The lowest BCUT2D eigenvalue weighted by Crippen LogP contribution is -1.84. The third kappa shape index (κ3) is 6.17. The van der Waals surface area contributed by atoms with E-state index in [1.807, 2.05) is 39.0 Å². The molecule has 0 aromatic heterocycles. The molecule has 0 heterocycles. The van der Waals surface area contributed by atoms with Gasteiger partial charge in [-0.25, -0.2) is 0 Å². The molecule has 0 aliphatic carbocycles. The number of para-hydroxylation sites is 1. The molecule has 0 bridgehead atoms. The number of hydrogen-bond donors (Lipinski definition) is 1. The fraction of sp³-hybridized carbons (Fsp3) is 0.455. The minimum Gasteiger partial charge on any atom is -0.508 e. The van der Waals surface area contributed by atoms with Crippen LogP contribution in [0.5, 0.6) is 5.75 Å². The maximum absolute atomic E-state index is 8.92. The molecule has 2 heteroatoms. The fourth-order valence-corrected chi connectivity index (χ4v) is 0.768. The van der Waals surface area contributed by atoms with Gasteiger partial charge in [0.15, 0.2) is 0 Å². The van der Waals surface area contributed by atoms with Crippen molar-refractivity contribution in [2.24, 2.45) is 0 Å². The van der Waals surface area contributed by atoms with Crippen LogP contribution in [0, 0.1) is 6.92 Å². The van der Waals surface area contributed by atoms with Crippen LogP contribution in [-0.2, 0) is 4.74 Å². The molecule has 0 aliphatic rings. The van der Waals surface area contributed by atoms with Gasteiger partial charge in [-0.1, -0.05) is 18.2 Å². The van der Waals surface area contributed by atoms with E-state index in [-0.39, 0.29) is 0 Å². The molecular formula is C11H18O2. The van der Waals surface area contributed by atoms with Crippen LogP contribution in [0.3, 0.4) is 0 Å². The number of hydrogen-bond acceptors (Lipinski definition) is 2. The zero-order valence-corrected chi connectivity index (χ0v) is 8.58. The second kappa shape index (κ2) is 7.62. The Balaban J connectivity index is 0.000000252. The third-order valence-corrected chi connectivity index (χ3v) is 1.52. The van der Waals surface area contributed by atoms with Gasteiger partial charge in [-0.2, -0.15) is 0 Å². The van der Waals surface area contributed by atoms with Gasteiger partial charge < -0.3 is 9.84 Å². The molecular weight excluding hydrogens is 164 g/mol. The van der Waals surface area contributed by atoms with Crippen molar-refractivity contribution in [1.82, 2.24) is 0 Å². The normalized spacial score (nSPS) is 8.85. The van der Waals surface area contributed by atoms with Crippen LogP contribution in [0.2, 0.25) is 0 Å². The first-order valence-electron chi connectivity index (χ1n) is 4.54. The van der Waals surface area contributed by atoms with Gasteiger partial charge in [0, 0.05) is 13.2 Å². The summed E-state index contributed by atoms with van der Waals surface area (Å²) in [5, 5.41) is 8.92.